The quantitative estimate of drug-likeness (QED) is 0.843. The van der Waals surface area contributed by atoms with E-state index in [1.54, 1.807) is 32.0 Å². The van der Waals surface area contributed by atoms with Crippen LogP contribution in [-0.2, 0) is 9.47 Å². The zero-order chi connectivity index (χ0) is 13.8. The number of benzene rings is 1. The highest BCUT2D eigenvalue weighted by Gasteiger charge is 2.25. The first-order valence-electron chi connectivity index (χ1n) is 6.39. The summed E-state index contributed by atoms with van der Waals surface area (Å²) in [4.78, 5) is 1.16. The van der Waals surface area contributed by atoms with Gasteiger partial charge in [-0.15, -0.1) is 11.8 Å². The molecule has 2 unspecified atom stereocenters. The molecule has 0 saturated carbocycles. The standard InChI is InChI=1S/C14H20FNO2S/c1-9(14(17-2)18-3)16-12-6-7-19-13-5-4-10(15)8-11(12)13/h4-5,8-9,12,14,16H,6-7H2,1-3H3. The van der Waals surface area contributed by atoms with Crippen LogP contribution in [-0.4, -0.2) is 32.3 Å². The van der Waals surface area contributed by atoms with Crippen LogP contribution in [0.3, 0.4) is 0 Å². The summed E-state index contributed by atoms with van der Waals surface area (Å²) in [7, 11) is 3.24. The predicted octanol–water partition coefficient (Wildman–Crippen LogP) is 2.96. The molecule has 106 valence electrons. The number of rotatable bonds is 5. The zero-order valence-corrected chi connectivity index (χ0v) is 12.3. The average Bonchev–Trinajstić information content (AvgIpc) is 2.41. The highest BCUT2D eigenvalue weighted by molar-refractivity contribution is 7.99. The maximum absolute atomic E-state index is 13.4. The van der Waals surface area contributed by atoms with Gasteiger partial charge in [-0.1, -0.05) is 0 Å². The minimum atomic E-state index is -0.299. The van der Waals surface area contributed by atoms with Crippen LogP contribution in [0.15, 0.2) is 23.1 Å². The fraction of sp³-hybridized carbons (Fsp3) is 0.571. The molecule has 1 aromatic carbocycles. The van der Waals surface area contributed by atoms with Crippen LogP contribution in [0, 0.1) is 5.82 Å². The summed E-state index contributed by atoms with van der Waals surface area (Å²) in [5.74, 6) is 0.851. The zero-order valence-electron chi connectivity index (χ0n) is 11.5. The van der Waals surface area contributed by atoms with Gasteiger partial charge in [0.1, 0.15) is 5.82 Å². The van der Waals surface area contributed by atoms with Gasteiger partial charge in [0.25, 0.3) is 0 Å². The Morgan fingerprint density at radius 1 is 1.37 bits per heavy atom. The molecule has 1 aliphatic rings. The molecular weight excluding hydrogens is 265 g/mol. The second-order valence-electron chi connectivity index (χ2n) is 4.67. The van der Waals surface area contributed by atoms with E-state index in [4.69, 9.17) is 9.47 Å². The molecular formula is C14H20FNO2S. The third kappa shape index (κ3) is 3.48. The Kier molecular flexibility index (Phi) is 5.21. The third-order valence-corrected chi connectivity index (χ3v) is 4.47. The molecule has 1 aromatic rings. The number of methoxy groups -OCH3 is 2. The molecule has 1 aliphatic heterocycles. The van der Waals surface area contributed by atoms with Crippen molar-refractivity contribution in [3.8, 4) is 0 Å². The number of hydrogen-bond acceptors (Lipinski definition) is 4. The smallest absolute Gasteiger partial charge is 0.171 e. The van der Waals surface area contributed by atoms with Gasteiger partial charge in [-0.3, -0.25) is 0 Å². The lowest BCUT2D eigenvalue weighted by Gasteiger charge is -2.31. The summed E-state index contributed by atoms with van der Waals surface area (Å²) < 4.78 is 23.9. The van der Waals surface area contributed by atoms with Gasteiger partial charge in [-0.05, 0) is 42.9 Å². The van der Waals surface area contributed by atoms with E-state index in [0.717, 1.165) is 22.6 Å². The first kappa shape index (κ1) is 14.8. The molecule has 3 nitrogen and oxygen atoms in total. The van der Waals surface area contributed by atoms with Crippen LogP contribution in [0.1, 0.15) is 24.9 Å². The van der Waals surface area contributed by atoms with Crippen LogP contribution in [0.5, 0.6) is 0 Å². The predicted molar refractivity (Wildman–Crippen MR) is 74.9 cm³/mol. The molecule has 2 rings (SSSR count). The van der Waals surface area contributed by atoms with Crippen molar-refractivity contribution < 1.29 is 13.9 Å². The van der Waals surface area contributed by atoms with Gasteiger partial charge in [-0.25, -0.2) is 4.39 Å². The lowest BCUT2D eigenvalue weighted by Crippen LogP contribution is -2.42. The lowest BCUT2D eigenvalue weighted by atomic mass is 10.0. The van der Waals surface area contributed by atoms with Crippen LogP contribution in [0.2, 0.25) is 0 Å². The van der Waals surface area contributed by atoms with Crippen molar-refractivity contribution in [1.82, 2.24) is 5.32 Å². The number of hydrogen-bond donors (Lipinski definition) is 1. The van der Waals surface area contributed by atoms with Gasteiger partial charge in [0, 0.05) is 25.2 Å². The Morgan fingerprint density at radius 2 is 2.11 bits per heavy atom. The summed E-state index contributed by atoms with van der Waals surface area (Å²) in [6.45, 7) is 2.01. The molecule has 0 radical (unpaired) electrons. The van der Waals surface area contributed by atoms with Crippen molar-refractivity contribution in [2.24, 2.45) is 0 Å². The van der Waals surface area contributed by atoms with Gasteiger partial charge < -0.3 is 14.8 Å². The van der Waals surface area contributed by atoms with Crippen molar-refractivity contribution >= 4 is 11.8 Å². The van der Waals surface area contributed by atoms with Crippen LogP contribution < -0.4 is 5.32 Å². The number of ether oxygens (including phenoxy) is 2. The third-order valence-electron chi connectivity index (χ3n) is 3.35. The van der Waals surface area contributed by atoms with Crippen LogP contribution in [0.25, 0.3) is 0 Å². The first-order chi connectivity index (χ1) is 9.15. The highest BCUT2D eigenvalue weighted by atomic mass is 32.2. The Balaban J connectivity index is 2.13. The SMILES string of the molecule is COC(OC)C(C)NC1CCSc2ccc(F)cc21. The first-order valence-corrected chi connectivity index (χ1v) is 7.38. The van der Waals surface area contributed by atoms with Gasteiger partial charge in [-0.2, -0.15) is 0 Å². The summed E-state index contributed by atoms with van der Waals surface area (Å²) in [6, 6.07) is 5.19. The normalized spacial score (nSPS) is 20.4. The van der Waals surface area contributed by atoms with Gasteiger partial charge >= 0.3 is 0 Å². The molecule has 2 atom stereocenters. The largest absolute Gasteiger partial charge is 0.354 e. The molecule has 0 aliphatic carbocycles. The number of fused-ring (bicyclic) bond motifs is 1. The Labute approximate surface area is 117 Å². The minimum absolute atomic E-state index is 0.0409. The van der Waals surface area contributed by atoms with Crippen molar-refractivity contribution in [3.63, 3.8) is 0 Å². The lowest BCUT2D eigenvalue weighted by molar-refractivity contribution is -0.121. The maximum Gasteiger partial charge on any atom is 0.171 e. The van der Waals surface area contributed by atoms with Crippen molar-refractivity contribution in [2.45, 2.75) is 36.6 Å². The molecule has 0 fully saturated rings. The summed E-state index contributed by atoms with van der Waals surface area (Å²) in [6.07, 6.45) is 0.678. The van der Waals surface area contributed by atoms with Gasteiger partial charge in [0.2, 0.25) is 0 Å². The van der Waals surface area contributed by atoms with E-state index in [2.05, 4.69) is 5.32 Å². The molecule has 0 aromatic heterocycles. The van der Waals surface area contributed by atoms with Crippen molar-refractivity contribution in [3.05, 3.63) is 29.6 Å². The minimum Gasteiger partial charge on any atom is -0.354 e. The van der Waals surface area contributed by atoms with Gasteiger partial charge in [0.05, 0.1) is 6.04 Å². The van der Waals surface area contributed by atoms with Crippen molar-refractivity contribution in [2.75, 3.05) is 20.0 Å². The van der Waals surface area contributed by atoms with E-state index >= 15 is 0 Å². The number of thioether (sulfide) groups is 1. The molecule has 0 amide bonds. The Morgan fingerprint density at radius 3 is 2.79 bits per heavy atom. The highest BCUT2D eigenvalue weighted by Crippen LogP contribution is 2.36. The van der Waals surface area contributed by atoms with E-state index in [9.17, 15) is 4.39 Å². The molecule has 1 N–H and O–H groups in total. The fourth-order valence-corrected chi connectivity index (χ4v) is 3.54. The number of nitrogens with one attached hydrogen (secondary N) is 1. The number of halogens is 1. The topological polar surface area (TPSA) is 30.5 Å². The molecule has 0 bridgehead atoms. The summed E-state index contributed by atoms with van der Waals surface area (Å²) in [5.41, 5.74) is 1.04. The van der Waals surface area contributed by atoms with E-state index in [-0.39, 0.29) is 24.2 Å². The van der Waals surface area contributed by atoms with Crippen molar-refractivity contribution in [1.29, 1.82) is 0 Å². The van der Waals surface area contributed by atoms with Gasteiger partial charge in [0.15, 0.2) is 6.29 Å². The Bertz CT molecular complexity index is 426. The van der Waals surface area contributed by atoms with E-state index < -0.39 is 0 Å². The summed E-state index contributed by atoms with van der Waals surface area (Å²) >= 11 is 1.78. The molecule has 19 heavy (non-hydrogen) atoms. The van der Waals surface area contributed by atoms with E-state index in [1.807, 2.05) is 13.0 Å². The second-order valence-corrected chi connectivity index (χ2v) is 5.80. The molecule has 1 heterocycles. The fourth-order valence-electron chi connectivity index (χ4n) is 2.44. The molecule has 0 saturated heterocycles. The molecule has 5 heteroatoms. The Hall–Kier alpha value is -0.620. The van der Waals surface area contributed by atoms with E-state index in [0.29, 0.717) is 0 Å². The van der Waals surface area contributed by atoms with E-state index in [1.165, 1.54) is 6.07 Å². The second kappa shape index (κ2) is 6.70. The average molecular weight is 285 g/mol. The van der Waals surface area contributed by atoms with Crippen LogP contribution >= 0.6 is 11.8 Å². The monoisotopic (exact) mass is 285 g/mol. The van der Waals surface area contributed by atoms with Crippen LogP contribution in [0.4, 0.5) is 4.39 Å². The maximum atomic E-state index is 13.4. The molecule has 0 spiro atoms. The summed E-state index contributed by atoms with van der Waals surface area (Å²) in [5, 5.41) is 3.47.